The molecule has 0 atom stereocenters. The summed E-state index contributed by atoms with van der Waals surface area (Å²) >= 11 is 0. The molecular weight excluding hydrogens is 781 g/mol. The van der Waals surface area contributed by atoms with E-state index in [-0.39, 0.29) is 11.6 Å². The van der Waals surface area contributed by atoms with Crippen LogP contribution in [0.25, 0.3) is 56.6 Å². The summed E-state index contributed by atoms with van der Waals surface area (Å²) in [6, 6.07) is 28.1. The SMILES string of the molecule is Fc1ccc(-c2nc3ccc(NC4CCCC4)cn3c2-c2ccnc(NC3CCCC3)n2)cc1.Fc1ccc(-c2nc3ccccn3c2-c2ccnc(NC3CCCC3)n2)cc1. The van der Waals surface area contributed by atoms with E-state index in [1.54, 1.807) is 36.7 Å². The number of anilines is 3. The molecule has 314 valence electrons. The van der Waals surface area contributed by atoms with E-state index in [0.29, 0.717) is 30.0 Å². The Morgan fingerprint density at radius 1 is 0.468 bits per heavy atom. The molecule has 11 rings (SSSR count). The summed E-state index contributed by atoms with van der Waals surface area (Å²) in [6.07, 6.45) is 22.2. The summed E-state index contributed by atoms with van der Waals surface area (Å²) in [6.45, 7) is 0. The van der Waals surface area contributed by atoms with Crippen molar-refractivity contribution in [3.05, 3.63) is 127 Å². The fourth-order valence-electron chi connectivity index (χ4n) is 9.16. The number of imidazole rings is 2. The Bertz CT molecular complexity index is 2780. The molecule has 0 spiro atoms. The summed E-state index contributed by atoms with van der Waals surface area (Å²) in [4.78, 5) is 28.3. The summed E-state index contributed by atoms with van der Waals surface area (Å²) < 4.78 is 31.2. The molecular formula is C49H49F2N11. The molecule has 0 aliphatic heterocycles. The van der Waals surface area contributed by atoms with E-state index in [0.717, 1.165) is 88.0 Å². The molecule has 3 N–H and O–H groups in total. The van der Waals surface area contributed by atoms with Gasteiger partial charge in [-0.3, -0.25) is 8.80 Å². The van der Waals surface area contributed by atoms with Crippen molar-refractivity contribution in [2.24, 2.45) is 0 Å². The molecule has 0 unspecified atom stereocenters. The highest BCUT2D eigenvalue weighted by Crippen LogP contribution is 2.35. The van der Waals surface area contributed by atoms with Gasteiger partial charge in [-0.05, 0) is 123 Å². The molecule has 0 radical (unpaired) electrons. The lowest BCUT2D eigenvalue weighted by atomic mass is 10.1. The first-order valence-corrected chi connectivity index (χ1v) is 22.0. The van der Waals surface area contributed by atoms with Crippen LogP contribution >= 0.6 is 0 Å². The Kier molecular flexibility index (Phi) is 11.2. The van der Waals surface area contributed by atoms with Gasteiger partial charge in [0.2, 0.25) is 11.9 Å². The molecule has 0 amide bonds. The number of hydrogen-bond donors (Lipinski definition) is 3. The summed E-state index contributed by atoms with van der Waals surface area (Å²) in [5.41, 5.74) is 9.32. The van der Waals surface area contributed by atoms with Crippen molar-refractivity contribution in [2.75, 3.05) is 16.0 Å². The molecule has 8 aromatic rings. The third-order valence-corrected chi connectivity index (χ3v) is 12.3. The minimum atomic E-state index is -0.265. The third kappa shape index (κ3) is 8.57. The first-order valence-electron chi connectivity index (χ1n) is 22.0. The van der Waals surface area contributed by atoms with E-state index < -0.39 is 0 Å². The lowest BCUT2D eigenvalue weighted by molar-refractivity contribution is 0.627. The van der Waals surface area contributed by atoms with Crippen molar-refractivity contribution in [1.29, 1.82) is 0 Å². The quantitative estimate of drug-likeness (QED) is 0.124. The van der Waals surface area contributed by atoms with Gasteiger partial charge in [0.25, 0.3) is 0 Å². The number of nitrogens with zero attached hydrogens (tertiary/aromatic N) is 8. The highest BCUT2D eigenvalue weighted by Gasteiger charge is 2.23. The van der Waals surface area contributed by atoms with Crippen molar-refractivity contribution in [2.45, 2.75) is 95.2 Å². The zero-order valence-corrected chi connectivity index (χ0v) is 34.5. The van der Waals surface area contributed by atoms with E-state index in [4.69, 9.17) is 19.9 Å². The molecule has 6 heterocycles. The maximum Gasteiger partial charge on any atom is 0.223 e. The highest BCUT2D eigenvalue weighted by atomic mass is 19.1. The lowest BCUT2D eigenvalue weighted by Gasteiger charge is -2.15. The Balaban J connectivity index is 0.000000151. The maximum absolute atomic E-state index is 13.7. The smallest absolute Gasteiger partial charge is 0.223 e. The van der Waals surface area contributed by atoms with Crippen molar-refractivity contribution in [3.8, 4) is 45.3 Å². The van der Waals surface area contributed by atoms with Crippen LogP contribution in [0.3, 0.4) is 0 Å². The third-order valence-electron chi connectivity index (χ3n) is 12.3. The number of nitrogens with one attached hydrogen (secondary N) is 3. The monoisotopic (exact) mass is 829 g/mol. The van der Waals surface area contributed by atoms with Crippen LogP contribution in [0.15, 0.2) is 116 Å². The highest BCUT2D eigenvalue weighted by molar-refractivity contribution is 5.82. The van der Waals surface area contributed by atoms with E-state index in [1.165, 1.54) is 75.6 Å². The fraction of sp³-hybridized carbons (Fsp3) is 0.306. The second-order valence-electron chi connectivity index (χ2n) is 16.6. The van der Waals surface area contributed by atoms with E-state index >= 15 is 0 Å². The number of fused-ring (bicyclic) bond motifs is 2. The summed E-state index contributed by atoms with van der Waals surface area (Å²) in [7, 11) is 0. The minimum absolute atomic E-state index is 0.262. The van der Waals surface area contributed by atoms with Gasteiger partial charge in [0.05, 0.1) is 39.9 Å². The maximum atomic E-state index is 13.7. The minimum Gasteiger partial charge on any atom is -0.381 e. The molecule has 11 nitrogen and oxygen atoms in total. The summed E-state index contributed by atoms with van der Waals surface area (Å²) in [5, 5.41) is 10.6. The Morgan fingerprint density at radius 3 is 1.45 bits per heavy atom. The second kappa shape index (κ2) is 17.7. The van der Waals surface area contributed by atoms with Gasteiger partial charge in [0.15, 0.2) is 0 Å². The predicted octanol–water partition coefficient (Wildman–Crippen LogP) is 11.3. The van der Waals surface area contributed by atoms with Crippen LogP contribution in [0, 0.1) is 11.6 Å². The Labute approximate surface area is 359 Å². The zero-order valence-electron chi connectivity index (χ0n) is 34.5. The Hall–Kier alpha value is -6.76. The molecule has 0 bridgehead atoms. The second-order valence-corrected chi connectivity index (χ2v) is 16.6. The Morgan fingerprint density at radius 2 is 0.935 bits per heavy atom. The molecule has 62 heavy (non-hydrogen) atoms. The predicted molar refractivity (Wildman–Crippen MR) is 241 cm³/mol. The van der Waals surface area contributed by atoms with E-state index in [9.17, 15) is 8.78 Å². The van der Waals surface area contributed by atoms with Crippen LogP contribution in [0.5, 0.6) is 0 Å². The number of rotatable bonds is 10. The topological polar surface area (TPSA) is 122 Å². The first kappa shape index (κ1) is 39.4. The van der Waals surface area contributed by atoms with E-state index in [2.05, 4.69) is 42.6 Å². The standard InChI is InChI=1S/C27H29FN6.C22H20FN5/c28-19-11-9-18(10-12-19)25-26(23-15-16-29-27(32-23)31-21-7-3-4-8-21)34-17-22(13-14-24(34)33-25)30-20-5-1-2-6-20;23-16-10-8-15(9-11-16)20-21(28-14-4-3-7-19(28)27-20)18-12-13-24-22(26-18)25-17-5-1-2-6-17/h9-17,20-21,30H,1-8H2,(H,29,31,32);3-4,7-14,17H,1-2,5-6H2,(H,24,25,26). The van der Waals surface area contributed by atoms with E-state index in [1.807, 2.05) is 47.0 Å². The summed E-state index contributed by atoms with van der Waals surface area (Å²) in [5.74, 6) is 0.756. The largest absolute Gasteiger partial charge is 0.381 e. The zero-order chi connectivity index (χ0) is 41.8. The van der Waals surface area contributed by atoms with Gasteiger partial charge in [-0.15, -0.1) is 0 Å². The molecule has 3 saturated carbocycles. The molecule has 6 aromatic heterocycles. The number of aromatic nitrogens is 8. The van der Waals surface area contributed by atoms with Gasteiger partial charge in [-0.2, -0.15) is 0 Å². The van der Waals surface area contributed by atoms with Gasteiger partial charge >= 0.3 is 0 Å². The van der Waals surface area contributed by atoms with Crippen molar-refractivity contribution in [1.82, 2.24) is 38.7 Å². The fourth-order valence-corrected chi connectivity index (χ4v) is 9.16. The van der Waals surface area contributed by atoms with Gasteiger partial charge < -0.3 is 16.0 Å². The van der Waals surface area contributed by atoms with Crippen LogP contribution < -0.4 is 16.0 Å². The average Bonchev–Trinajstić information content (AvgIpc) is 4.16. The van der Waals surface area contributed by atoms with Gasteiger partial charge in [-0.1, -0.05) is 44.6 Å². The first-order chi connectivity index (χ1) is 30.5. The van der Waals surface area contributed by atoms with Crippen LogP contribution in [-0.4, -0.2) is 56.8 Å². The molecule has 13 heteroatoms. The van der Waals surface area contributed by atoms with Gasteiger partial charge in [0, 0.05) is 54.0 Å². The van der Waals surface area contributed by atoms with Crippen molar-refractivity contribution in [3.63, 3.8) is 0 Å². The van der Waals surface area contributed by atoms with Crippen LogP contribution in [-0.2, 0) is 0 Å². The lowest BCUT2D eigenvalue weighted by Crippen LogP contribution is -2.16. The molecule has 2 aromatic carbocycles. The normalized spacial score (nSPS) is 15.9. The van der Waals surface area contributed by atoms with Crippen molar-refractivity contribution >= 4 is 28.9 Å². The molecule has 3 aliphatic carbocycles. The number of pyridine rings is 2. The number of hydrogen-bond acceptors (Lipinski definition) is 9. The van der Waals surface area contributed by atoms with Gasteiger partial charge in [0.1, 0.15) is 22.9 Å². The average molecular weight is 830 g/mol. The molecule has 0 saturated heterocycles. The van der Waals surface area contributed by atoms with Crippen LogP contribution in [0.4, 0.5) is 26.4 Å². The van der Waals surface area contributed by atoms with Crippen molar-refractivity contribution < 1.29 is 8.78 Å². The molecule has 3 fully saturated rings. The number of halogens is 2. The van der Waals surface area contributed by atoms with Crippen LogP contribution in [0.1, 0.15) is 77.0 Å². The number of benzene rings is 2. The van der Waals surface area contributed by atoms with Gasteiger partial charge in [-0.25, -0.2) is 38.7 Å². The van der Waals surface area contributed by atoms with Crippen LogP contribution in [0.2, 0.25) is 0 Å². The molecule has 3 aliphatic rings.